The van der Waals surface area contributed by atoms with Gasteiger partial charge in [0.15, 0.2) is 0 Å². The Kier molecular flexibility index (Phi) is 3.74. The van der Waals surface area contributed by atoms with E-state index in [2.05, 4.69) is 5.32 Å². The van der Waals surface area contributed by atoms with Crippen LogP contribution in [0.5, 0.6) is 5.75 Å². The molecule has 0 aromatic heterocycles. The highest BCUT2D eigenvalue weighted by Gasteiger charge is 2.11. The predicted octanol–water partition coefficient (Wildman–Crippen LogP) is 2.34. The Balaban J connectivity index is 3.09. The molecule has 0 unspecified atom stereocenters. The van der Waals surface area contributed by atoms with Crippen LogP contribution in [0.3, 0.4) is 0 Å². The number of carboxylic acid groups (broad SMARTS) is 1. The van der Waals surface area contributed by atoms with Crippen LogP contribution in [0.15, 0.2) is 30.5 Å². The van der Waals surface area contributed by atoms with Gasteiger partial charge in [-0.15, -0.1) is 0 Å². The molecule has 0 heterocycles. The summed E-state index contributed by atoms with van der Waals surface area (Å²) in [6.07, 6.45) is 3.14. The van der Waals surface area contributed by atoms with Gasteiger partial charge in [-0.2, -0.15) is 0 Å². The maximum absolute atomic E-state index is 10.9. The van der Waals surface area contributed by atoms with Gasteiger partial charge in [0, 0.05) is 12.7 Å². The van der Waals surface area contributed by atoms with Crippen molar-refractivity contribution in [3.63, 3.8) is 0 Å². The van der Waals surface area contributed by atoms with Crippen molar-refractivity contribution >= 4 is 11.7 Å². The third-order valence-corrected chi connectivity index (χ3v) is 1.83. The first kappa shape index (κ1) is 11.1. The lowest BCUT2D eigenvalue weighted by molar-refractivity contribution is 0.0694. The van der Waals surface area contributed by atoms with Gasteiger partial charge in [-0.25, -0.2) is 4.79 Å². The highest BCUT2D eigenvalue weighted by molar-refractivity contribution is 5.92. The fourth-order valence-electron chi connectivity index (χ4n) is 1.10. The molecule has 0 saturated carbocycles. The smallest absolute Gasteiger partial charge is 0.339 e. The van der Waals surface area contributed by atoms with Crippen LogP contribution in [-0.4, -0.2) is 18.1 Å². The van der Waals surface area contributed by atoms with Gasteiger partial charge in [0.25, 0.3) is 0 Å². The number of hydrogen-bond donors (Lipinski definition) is 2. The molecule has 2 N–H and O–H groups in total. The number of ether oxygens (including phenoxy) is 1. The minimum Gasteiger partial charge on any atom is -0.478 e. The van der Waals surface area contributed by atoms with Crippen molar-refractivity contribution in [1.29, 1.82) is 0 Å². The molecule has 0 aliphatic rings. The van der Waals surface area contributed by atoms with Crippen LogP contribution in [0.1, 0.15) is 17.3 Å². The van der Waals surface area contributed by atoms with Crippen LogP contribution in [0, 0.1) is 0 Å². The van der Waals surface area contributed by atoms with E-state index in [0.717, 1.165) is 5.69 Å². The first-order valence-corrected chi connectivity index (χ1v) is 4.52. The fraction of sp³-hybridized carbons (Fsp3) is 0.182. The molecule has 1 aromatic carbocycles. The van der Waals surface area contributed by atoms with E-state index in [4.69, 9.17) is 9.84 Å². The SMILES string of the molecule is CC=COc1ccc(NC)cc1C(=O)O. The van der Waals surface area contributed by atoms with E-state index in [1.54, 1.807) is 32.2 Å². The molecule has 0 amide bonds. The molecular weight excluding hydrogens is 194 g/mol. The van der Waals surface area contributed by atoms with E-state index in [1.807, 2.05) is 0 Å². The van der Waals surface area contributed by atoms with Crippen LogP contribution in [0.25, 0.3) is 0 Å². The summed E-state index contributed by atoms with van der Waals surface area (Å²) in [6.45, 7) is 1.79. The van der Waals surface area contributed by atoms with Crippen molar-refractivity contribution in [2.45, 2.75) is 6.92 Å². The molecule has 0 fully saturated rings. The quantitative estimate of drug-likeness (QED) is 0.744. The zero-order valence-corrected chi connectivity index (χ0v) is 8.65. The van der Waals surface area contributed by atoms with Gasteiger partial charge in [0.05, 0.1) is 6.26 Å². The summed E-state index contributed by atoms with van der Waals surface area (Å²) in [4.78, 5) is 10.9. The van der Waals surface area contributed by atoms with Crippen molar-refractivity contribution in [3.8, 4) is 5.75 Å². The van der Waals surface area contributed by atoms with Gasteiger partial charge in [-0.1, -0.05) is 6.08 Å². The number of carbonyl (C=O) groups is 1. The first-order chi connectivity index (χ1) is 7.19. The van der Waals surface area contributed by atoms with Crippen LogP contribution < -0.4 is 10.1 Å². The summed E-state index contributed by atoms with van der Waals surface area (Å²) < 4.78 is 5.16. The Hall–Kier alpha value is -1.97. The number of nitrogens with one attached hydrogen (secondary N) is 1. The van der Waals surface area contributed by atoms with Gasteiger partial charge in [0.1, 0.15) is 11.3 Å². The molecular formula is C11H13NO3. The molecule has 4 heteroatoms. The monoisotopic (exact) mass is 207 g/mol. The van der Waals surface area contributed by atoms with Crippen molar-refractivity contribution in [3.05, 3.63) is 36.1 Å². The lowest BCUT2D eigenvalue weighted by Crippen LogP contribution is -2.01. The number of benzene rings is 1. The molecule has 0 saturated heterocycles. The van der Waals surface area contributed by atoms with Crippen LogP contribution in [-0.2, 0) is 0 Å². The lowest BCUT2D eigenvalue weighted by atomic mass is 10.2. The van der Waals surface area contributed by atoms with E-state index >= 15 is 0 Å². The van der Waals surface area contributed by atoms with Gasteiger partial charge >= 0.3 is 5.97 Å². The van der Waals surface area contributed by atoms with Crippen LogP contribution in [0.2, 0.25) is 0 Å². The topological polar surface area (TPSA) is 58.6 Å². The zero-order valence-electron chi connectivity index (χ0n) is 8.65. The minimum absolute atomic E-state index is 0.139. The Morgan fingerprint density at radius 3 is 2.80 bits per heavy atom. The summed E-state index contributed by atoms with van der Waals surface area (Å²) in [7, 11) is 1.73. The minimum atomic E-state index is -1.01. The van der Waals surface area contributed by atoms with Gasteiger partial charge in [-0.05, 0) is 25.1 Å². The number of allylic oxidation sites excluding steroid dienone is 1. The van der Waals surface area contributed by atoms with Crippen molar-refractivity contribution in [1.82, 2.24) is 0 Å². The second-order valence-corrected chi connectivity index (χ2v) is 2.85. The molecule has 1 rings (SSSR count). The van der Waals surface area contributed by atoms with E-state index in [1.165, 1.54) is 12.3 Å². The average molecular weight is 207 g/mol. The maximum Gasteiger partial charge on any atom is 0.339 e. The number of carboxylic acids is 1. The Labute approximate surface area is 88.2 Å². The lowest BCUT2D eigenvalue weighted by Gasteiger charge is -2.07. The number of aromatic carboxylic acids is 1. The molecule has 0 spiro atoms. The van der Waals surface area contributed by atoms with Crippen molar-refractivity contribution in [2.24, 2.45) is 0 Å². The summed E-state index contributed by atoms with van der Waals surface area (Å²) >= 11 is 0. The van der Waals surface area contributed by atoms with Crippen molar-refractivity contribution in [2.75, 3.05) is 12.4 Å². The van der Waals surface area contributed by atoms with E-state index < -0.39 is 5.97 Å². The van der Waals surface area contributed by atoms with Gasteiger partial charge < -0.3 is 15.2 Å². The van der Waals surface area contributed by atoms with Crippen LogP contribution >= 0.6 is 0 Å². The second kappa shape index (κ2) is 5.05. The molecule has 0 aliphatic heterocycles. The van der Waals surface area contributed by atoms with E-state index in [-0.39, 0.29) is 5.56 Å². The fourth-order valence-corrected chi connectivity index (χ4v) is 1.10. The van der Waals surface area contributed by atoms with Gasteiger partial charge in [0.2, 0.25) is 0 Å². The molecule has 4 nitrogen and oxygen atoms in total. The summed E-state index contributed by atoms with van der Waals surface area (Å²) in [5.74, 6) is -0.675. The normalized spacial score (nSPS) is 10.3. The molecule has 0 bridgehead atoms. The van der Waals surface area contributed by atoms with E-state index in [0.29, 0.717) is 5.75 Å². The molecule has 0 aliphatic carbocycles. The Morgan fingerprint density at radius 2 is 2.27 bits per heavy atom. The molecule has 0 atom stereocenters. The molecule has 0 radical (unpaired) electrons. The highest BCUT2D eigenvalue weighted by atomic mass is 16.5. The Bertz CT molecular complexity index is 385. The summed E-state index contributed by atoms with van der Waals surface area (Å²) in [5.41, 5.74) is 0.875. The second-order valence-electron chi connectivity index (χ2n) is 2.85. The number of anilines is 1. The highest BCUT2D eigenvalue weighted by Crippen LogP contribution is 2.22. The molecule has 1 aromatic rings. The average Bonchev–Trinajstić information content (AvgIpc) is 2.26. The number of rotatable bonds is 4. The van der Waals surface area contributed by atoms with E-state index in [9.17, 15) is 4.79 Å². The summed E-state index contributed by atoms with van der Waals surface area (Å²) in [6, 6.07) is 4.90. The van der Waals surface area contributed by atoms with Crippen molar-refractivity contribution < 1.29 is 14.6 Å². The standard InChI is InChI=1S/C11H13NO3/c1-3-6-15-10-5-4-8(12-2)7-9(10)11(13)14/h3-7,12H,1-2H3,(H,13,14). The first-order valence-electron chi connectivity index (χ1n) is 4.52. The summed E-state index contributed by atoms with van der Waals surface area (Å²) in [5, 5.41) is 11.8. The third kappa shape index (κ3) is 2.74. The predicted molar refractivity (Wildman–Crippen MR) is 58.4 cm³/mol. The molecule has 15 heavy (non-hydrogen) atoms. The van der Waals surface area contributed by atoms with Gasteiger partial charge in [-0.3, -0.25) is 0 Å². The van der Waals surface area contributed by atoms with Crippen LogP contribution in [0.4, 0.5) is 5.69 Å². The maximum atomic E-state index is 10.9. The largest absolute Gasteiger partial charge is 0.478 e. The number of hydrogen-bond acceptors (Lipinski definition) is 3. The Morgan fingerprint density at radius 1 is 1.53 bits per heavy atom. The molecule has 80 valence electrons. The third-order valence-electron chi connectivity index (χ3n) is 1.83. The zero-order chi connectivity index (χ0) is 11.3.